The fourth-order valence-electron chi connectivity index (χ4n) is 3.36. The van der Waals surface area contributed by atoms with Crippen LogP contribution in [0.25, 0.3) is 17.0 Å². The van der Waals surface area contributed by atoms with E-state index in [1.54, 1.807) is 31.5 Å². The fraction of sp³-hybridized carbons (Fsp3) is 0.150. The molecular weight excluding hydrogens is 380 g/mol. The van der Waals surface area contributed by atoms with Gasteiger partial charge in [0.05, 0.1) is 25.2 Å². The highest BCUT2D eigenvalue weighted by Crippen LogP contribution is 2.34. The molecule has 1 aliphatic heterocycles. The Balaban J connectivity index is 1.94. The van der Waals surface area contributed by atoms with E-state index in [0.29, 0.717) is 11.3 Å². The number of H-pyrrole nitrogens is 1. The summed E-state index contributed by atoms with van der Waals surface area (Å²) >= 11 is 0. The summed E-state index contributed by atoms with van der Waals surface area (Å²) in [6.45, 7) is -0.617. The number of benzene rings is 2. The first kappa shape index (κ1) is 18.3. The molecule has 28 heavy (non-hydrogen) atoms. The molecule has 2 N–H and O–H groups in total. The van der Waals surface area contributed by atoms with Gasteiger partial charge in [-0.3, -0.25) is 9.10 Å². The molecule has 0 spiro atoms. The van der Waals surface area contributed by atoms with Gasteiger partial charge in [0, 0.05) is 28.2 Å². The largest absolute Gasteiger partial charge is 0.497 e. The van der Waals surface area contributed by atoms with Crippen LogP contribution in [0.1, 0.15) is 15.9 Å². The molecule has 0 atom stereocenters. The Kier molecular flexibility index (Phi) is 4.44. The van der Waals surface area contributed by atoms with Gasteiger partial charge in [-0.05, 0) is 36.4 Å². The number of methoxy groups -OCH3 is 1. The molecule has 0 aliphatic carbocycles. The molecule has 0 radical (unpaired) electrons. The second-order valence-corrected chi connectivity index (χ2v) is 8.14. The van der Waals surface area contributed by atoms with Gasteiger partial charge >= 0.3 is 0 Å². The molecule has 0 unspecified atom stereocenters. The predicted octanol–water partition coefficient (Wildman–Crippen LogP) is 2.40. The maximum absolute atomic E-state index is 13.1. The van der Waals surface area contributed by atoms with E-state index >= 15 is 0 Å². The number of carbonyl (C=O) groups excluding carboxylic acids is 1. The summed E-state index contributed by atoms with van der Waals surface area (Å²) in [6.07, 6.45) is 3.23. The molecule has 1 aliphatic rings. The van der Waals surface area contributed by atoms with E-state index in [9.17, 15) is 18.3 Å². The molecule has 1 aromatic heterocycles. The number of sulfonamides is 1. The average Bonchev–Trinajstić information content (AvgIpc) is 3.11. The number of nitrogens with one attached hydrogen (secondary N) is 1. The lowest BCUT2D eigenvalue weighted by molar-refractivity contribution is 0.0998. The molecular formula is C20H18N2O5S. The Bertz CT molecular complexity index is 1210. The Labute approximate surface area is 161 Å². The van der Waals surface area contributed by atoms with Gasteiger partial charge in [0.2, 0.25) is 5.78 Å². The lowest BCUT2D eigenvalue weighted by Crippen LogP contribution is -2.40. The average molecular weight is 398 g/mol. The highest BCUT2D eigenvalue weighted by molar-refractivity contribution is 7.89. The number of Topliss-reactive ketones (excluding diaryl/α,β-unsaturated/α-hetero) is 1. The summed E-state index contributed by atoms with van der Waals surface area (Å²) in [4.78, 5) is 16.1. The number of aliphatic hydroxyl groups excluding tert-OH is 1. The van der Waals surface area contributed by atoms with Crippen LogP contribution in [0.4, 0.5) is 0 Å². The molecule has 2 aromatic carbocycles. The zero-order chi connectivity index (χ0) is 19.9. The van der Waals surface area contributed by atoms with E-state index in [-0.39, 0.29) is 22.7 Å². The lowest BCUT2D eigenvalue weighted by Gasteiger charge is -2.30. The lowest BCUT2D eigenvalue weighted by atomic mass is 10.0. The molecule has 0 saturated heterocycles. The number of hydrogen-bond acceptors (Lipinski definition) is 5. The molecule has 0 bridgehead atoms. The van der Waals surface area contributed by atoms with Gasteiger partial charge in [-0.2, -0.15) is 0 Å². The minimum Gasteiger partial charge on any atom is -0.497 e. The van der Waals surface area contributed by atoms with Gasteiger partial charge < -0.3 is 14.8 Å². The summed E-state index contributed by atoms with van der Waals surface area (Å²) in [5.74, 6) is 0.239. The van der Waals surface area contributed by atoms with Crippen LogP contribution >= 0.6 is 0 Å². The van der Waals surface area contributed by atoms with Gasteiger partial charge in [0.25, 0.3) is 10.0 Å². The van der Waals surface area contributed by atoms with Crippen LogP contribution in [0.2, 0.25) is 0 Å². The normalized spacial score (nSPS) is 17.1. The van der Waals surface area contributed by atoms with Crippen molar-refractivity contribution in [2.75, 3.05) is 20.3 Å². The summed E-state index contributed by atoms with van der Waals surface area (Å²) in [5.41, 5.74) is 1.60. The number of ketones is 1. The summed E-state index contributed by atoms with van der Waals surface area (Å²) in [7, 11) is -2.39. The number of fused-ring (bicyclic) bond motifs is 2. The molecule has 3 aromatic rings. The first-order valence-electron chi connectivity index (χ1n) is 8.61. The van der Waals surface area contributed by atoms with E-state index in [1.165, 1.54) is 18.2 Å². The predicted molar refractivity (Wildman–Crippen MR) is 105 cm³/mol. The number of hydrogen-bond donors (Lipinski definition) is 2. The van der Waals surface area contributed by atoms with E-state index in [4.69, 9.17) is 4.74 Å². The molecule has 0 saturated carbocycles. The zero-order valence-electron chi connectivity index (χ0n) is 15.0. The topological polar surface area (TPSA) is 99.7 Å². The number of carbonyl (C=O) groups is 1. The van der Waals surface area contributed by atoms with Crippen molar-refractivity contribution in [1.82, 2.24) is 9.29 Å². The molecule has 0 fully saturated rings. The van der Waals surface area contributed by atoms with Crippen LogP contribution in [0.3, 0.4) is 0 Å². The van der Waals surface area contributed by atoms with Gasteiger partial charge in [-0.15, -0.1) is 0 Å². The number of ether oxygens (including phenoxy) is 1. The minimum atomic E-state index is -3.95. The van der Waals surface area contributed by atoms with Crippen molar-refractivity contribution in [3.05, 3.63) is 65.5 Å². The molecule has 7 nitrogen and oxygen atoms in total. The third kappa shape index (κ3) is 2.78. The molecule has 4 rings (SSSR count). The Morgan fingerprint density at radius 2 is 2.00 bits per heavy atom. The number of allylic oxidation sites excluding steroid dienone is 1. The highest BCUT2D eigenvalue weighted by atomic mass is 32.2. The second kappa shape index (κ2) is 6.81. The SMILES string of the molecule is COc1ccc2[nH]cc(/C=C3/C(=O)c4ccccc4S(=O)(=O)N3CCO)c2c1. The van der Waals surface area contributed by atoms with Crippen molar-refractivity contribution in [3.63, 3.8) is 0 Å². The van der Waals surface area contributed by atoms with Crippen molar-refractivity contribution in [3.8, 4) is 5.75 Å². The van der Waals surface area contributed by atoms with Crippen molar-refractivity contribution in [1.29, 1.82) is 0 Å². The van der Waals surface area contributed by atoms with Gasteiger partial charge in [0.1, 0.15) is 11.4 Å². The summed E-state index contributed by atoms with van der Waals surface area (Å²) in [5, 5.41) is 10.2. The number of rotatable bonds is 4. The molecule has 8 heteroatoms. The maximum atomic E-state index is 13.1. The van der Waals surface area contributed by atoms with Crippen LogP contribution in [0, 0.1) is 0 Å². The Morgan fingerprint density at radius 1 is 1.21 bits per heavy atom. The number of aromatic nitrogens is 1. The van der Waals surface area contributed by atoms with Gasteiger partial charge in [-0.1, -0.05) is 12.1 Å². The van der Waals surface area contributed by atoms with E-state index < -0.39 is 22.4 Å². The third-order valence-electron chi connectivity index (χ3n) is 4.72. The van der Waals surface area contributed by atoms with E-state index in [1.807, 2.05) is 12.1 Å². The maximum Gasteiger partial charge on any atom is 0.265 e. The number of aromatic amines is 1. The first-order chi connectivity index (χ1) is 13.5. The Hall–Kier alpha value is -3.10. The standard InChI is InChI=1S/C20H18N2O5S/c1-27-14-6-7-17-16(11-14)13(12-21-17)10-18-20(24)15-4-2-3-5-19(15)28(25,26)22(18)8-9-23/h2-7,10-12,21,23H,8-9H2,1H3/b18-10-. The number of nitrogens with zero attached hydrogens (tertiary/aromatic N) is 1. The van der Waals surface area contributed by atoms with Gasteiger partial charge in [0.15, 0.2) is 0 Å². The van der Waals surface area contributed by atoms with E-state index in [2.05, 4.69) is 4.98 Å². The third-order valence-corrected chi connectivity index (χ3v) is 6.59. The monoisotopic (exact) mass is 398 g/mol. The summed E-state index contributed by atoms with van der Waals surface area (Å²) in [6, 6.07) is 11.6. The second-order valence-electron chi connectivity index (χ2n) is 6.31. The van der Waals surface area contributed by atoms with Gasteiger partial charge in [-0.25, -0.2) is 8.42 Å². The minimum absolute atomic E-state index is 0.00327. The van der Waals surface area contributed by atoms with Crippen molar-refractivity contribution in [2.45, 2.75) is 4.90 Å². The smallest absolute Gasteiger partial charge is 0.265 e. The van der Waals surface area contributed by atoms with E-state index in [0.717, 1.165) is 15.2 Å². The van der Waals surface area contributed by atoms with Crippen molar-refractivity contribution >= 4 is 32.8 Å². The van der Waals surface area contributed by atoms with Crippen LogP contribution in [0.15, 0.2) is 59.3 Å². The summed E-state index contributed by atoms with van der Waals surface area (Å²) < 4.78 is 32.3. The Morgan fingerprint density at radius 3 is 2.75 bits per heavy atom. The number of aliphatic hydroxyl groups is 1. The molecule has 2 heterocycles. The van der Waals surface area contributed by atoms with Crippen LogP contribution in [-0.2, 0) is 10.0 Å². The first-order valence-corrected chi connectivity index (χ1v) is 10.1. The fourth-order valence-corrected chi connectivity index (χ4v) is 5.01. The molecule has 144 valence electrons. The van der Waals surface area contributed by atoms with Crippen molar-refractivity contribution < 1.29 is 23.1 Å². The highest BCUT2D eigenvalue weighted by Gasteiger charge is 2.38. The quantitative estimate of drug-likeness (QED) is 0.658. The molecule has 0 amide bonds. The van der Waals surface area contributed by atoms with Crippen LogP contribution in [0.5, 0.6) is 5.75 Å². The number of β-amino-alcohol motifs (C(OH)–C–C–N with tert-alkyl or cyclic N) is 1. The zero-order valence-corrected chi connectivity index (χ0v) is 15.9. The van der Waals surface area contributed by atoms with Crippen LogP contribution < -0.4 is 4.74 Å². The van der Waals surface area contributed by atoms with Crippen LogP contribution in [-0.4, -0.2) is 48.9 Å². The van der Waals surface area contributed by atoms with Crippen molar-refractivity contribution in [2.24, 2.45) is 0 Å².